The molecular weight excluding hydrogens is 226 g/mol. The monoisotopic (exact) mass is 241 g/mol. The maximum Gasteiger partial charge on any atom is 0.317 e. The highest BCUT2D eigenvalue weighted by Gasteiger charge is 2.12. The summed E-state index contributed by atoms with van der Waals surface area (Å²) in [6.45, 7) is 2.55. The summed E-state index contributed by atoms with van der Waals surface area (Å²) >= 11 is 6.20. The summed E-state index contributed by atoms with van der Waals surface area (Å²) in [5, 5.41) is 8.44. The van der Waals surface area contributed by atoms with Crippen LogP contribution in [0.3, 0.4) is 0 Å². The van der Waals surface area contributed by atoms with Crippen molar-refractivity contribution in [3.05, 3.63) is 35.4 Å². The lowest BCUT2D eigenvalue weighted by atomic mass is 10.1. The quantitative estimate of drug-likeness (QED) is 0.805. The Morgan fingerprint density at radius 3 is 2.50 bits per heavy atom. The minimum absolute atomic E-state index is 0.00901. The molecule has 1 unspecified atom stereocenters. The van der Waals surface area contributed by atoms with Crippen molar-refractivity contribution < 1.29 is 9.90 Å². The predicted molar refractivity (Wildman–Crippen MR) is 64.9 cm³/mol. The van der Waals surface area contributed by atoms with E-state index in [9.17, 15) is 4.79 Å². The number of carbonyl (C=O) groups is 1. The largest absolute Gasteiger partial charge is 0.480 e. The molecule has 0 aromatic heterocycles. The van der Waals surface area contributed by atoms with Crippen molar-refractivity contribution in [2.45, 2.75) is 12.3 Å². The summed E-state index contributed by atoms with van der Waals surface area (Å²) < 4.78 is 0. The molecule has 88 valence electrons. The smallest absolute Gasteiger partial charge is 0.317 e. The Morgan fingerprint density at radius 1 is 1.44 bits per heavy atom. The first-order chi connectivity index (χ1) is 7.49. The van der Waals surface area contributed by atoms with E-state index in [1.54, 1.807) is 11.9 Å². The Balaban J connectivity index is 2.54. The maximum absolute atomic E-state index is 10.5. The minimum atomic E-state index is -0.838. The molecule has 0 aliphatic heterocycles. The summed E-state index contributed by atoms with van der Waals surface area (Å²) in [5.41, 5.74) is 2.20. The predicted octanol–water partition coefficient (Wildman–Crippen LogP) is 2.29. The Bertz CT molecular complexity index is 351. The standard InChI is InChI=1S/C12H16ClNO2/c1-9-3-5-10(6-4-9)11(13)7-14(2)8-12(15)16/h3-6,11H,7-8H2,1-2H3,(H,15,16). The molecule has 0 amide bonds. The third-order valence-electron chi connectivity index (χ3n) is 2.32. The number of likely N-dealkylation sites (N-methyl/N-ethyl adjacent to an activating group) is 1. The van der Waals surface area contributed by atoms with Crippen LogP contribution in [0.5, 0.6) is 0 Å². The summed E-state index contributed by atoms with van der Waals surface area (Å²) in [4.78, 5) is 12.2. The molecule has 0 aliphatic rings. The first kappa shape index (κ1) is 13.0. The molecule has 1 aromatic rings. The third-order valence-corrected chi connectivity index (χ3v) is 2.71. The van der Waals surface area contributed by atoms with Crippen molar-refractivity contribution >= 4 is 17.6 Å². The zero-order valence-electron chi connectivity index (χ0n) is 9.48. The van der Waals surface area contributed by atoms with Gasteiger partial charge in [-0.15, -0.1) is 11.6 Å². The fraction of sp³-hybridized carbons (Fsp3) is 0.417. The van der Waals surface area contributed by atoms with Crippen molar-refractivity contribution in [1.29, 1.82) is 0 Å². The second kappa shape index (κ2) is 5.87. The van der Waals surface area contributed by atoms with Crippen LogP contribution in [0.4, 0.5) is 0 Å². The highest BCUT2D eigenvalue weighted by atomic mass is 35.5. The number of carboxylic acid groups (broad SMARTS) is 1. The van der Waals surface area contributed by atoms with Crippen molar-refractivity contribution in [2.75, 3.05) is 20.1 Å². The molecule has 1 rings (SSSR count). The van der Waals surface area contributed by atoms with Crippen LogP contribution in [0.2, 0.25) is 0 Å². The third kappa shape index (κ3) is 4.21. The molecule has 0 bridgehead atoms. The van der Waals surface area contributed by atoms with E-state index in [0.29, 0.717) is 6.54 Å². The summed E-state index contributed by atoms with van der Waals surface area (Å²) in [5.74, 6) is -0.838. The van der Waals surface area contributed by atoms with Crippen LogP contribution in [0.1, 0.15) is 16.5 Å². The molecule has 0 spiro atoms. The summed E-state index contributed by atoms with van der Waals surface area (Å²) in [7, 11) is 1.75. The normalized spacial score (nSPS) is 12.8. The van der Waals surface area contributed by atoms with Gasteiger partial charge in [0, 0.05) is 6.54 Å². The zero-order valence-corrected chi connectivity index (χ0v) is 10.2. The highest BCUT2D eigenvalue weighted by molar-refractivity contribution is 6.21. The molecule has 3 nitrogen and oxygen atoms in total. The highest BCUT2D eigenvalue weighted by Crippen LogP contribution is 2.21. The molecule has 0 saturated carbocycles. The van der Waals surface area contributed by atoms with Crippen LogP contribution >= 0.6 is 11.6 Å². The van der Waals surface area contributed by atoms with Crippen LogP contribution < -0.4 is 0 Å². The SMILES string of the molecule is Cc1ccc(C(Cl)CN(C)CC(=O)O)cc1. The van der Waals surface area contributed by atoms with E-state index in [-0.39, 0.29) is 11.9 Å². The topological polar surface area (TPSA) is 40.5 Å². The average molecular weight is 242 g/mol. The second-order valence-electron chi connectivity index (χ2n) is 3.97. The molecule has 1 aromatic carbocycles. The van der Waals surface area contributed by atoms with Gasteiger partial charge < -0.3 is 5.11 Å². The minimum Gasteiger partial charge on any atom is -0.480 e. The number of carboxylic acids is 1. The van der Waals surface area contributed by atoms with E-state index in [0.717, 1.165) is 5.56 Å². The molecule has 0 fully saturated rings. The average Bonchev–Trinajstić information content (AvgIpc) is 2.16. The number of aliphatic carboxylic acids is 1. The molecule has 0 radical (unpaired) electrons. The molecule has 16 heavy (non-hydrogen) atoms. The molecule has 0 saturated heterocycles. The van der Waals surface area contributed by atoms with Crippen LogP contribution in [0.15, 0.2) is 24.3 Å². The maximum atomic E-state index is 10.5. The van der Waals surface area contributed by atoms with Gasteiger partial charge in [-0.1, -0.05) is 29.8 Å². The number of halogens is 1. The molecule has 1 atom stereocenters. The van der Waals surface area contributed by atoms with Crippen LogP contribution in [0, 0.1) is 6.92 Å². The van der Waals surface area contributed by atoms with E-state index in [1.165, 1.54) is 5.56 Å². The van der Waals surface area contributed by atoms with E-state index >= 15 is 0 Å². The Kier molecular flexibility index (Phi) is 4.77. The number of benzene rings is 1. The molecule has 0 aliphatic carbocycles. The number of nitrogens with zero attached hydrogens (tertiary/aromatic N) is 1. The number of hydrogen-bond donors (Lipinski definition) is 1. The van der Waals surface area contributed by atoms with Gasteiger partial charge in [-0.05, 0) is 19.5 Å². The zero-order chi connectivity index (χ0) is 12.1. The van der Waals surface area contributed by atoms with E-state index in [2.05, 4.69) is 0 Å². The van der Waals surface area contributed by atoms with Crippen molar-refractivity contribution in [1.82, 2.24) is 4.90 Å². The first-order valence-electron chi connectivity index (χ1n) is 5.10. The van der Waals surface area contributed by atoms with Crippen LogP contribution in [-0.2, 0) is 4.79 Å². The van der Waals surface area contributed by atoms with E-state index in [4.69, 9.17) is 16.7 Å². The summed E-state index contributed by atoms with van der Waals surface area (Å²) in [6.07, 6.45) is 0. The van der Waals surface area contributed by atoms with Gasteiger partial charge in [0.15, 0.2) is 0 Å². The van der Waals surface area contributed by atoms with Gasteiger partial charge in [0.1, 0.15) is 0 Å². The van der Waals surface area contributed by atoms with Crippen molar-refractivity contribution in [3.63, 3.8) is 0 Å². The van der Waals surface area contributed by atoms with Crippen LogP contribution in [-0.4, -0.2) is 36.1 Å². The van der Waals surface area contributed by atoms with Gasteiger partial charge in [-0.3, -0.25) is 9.69 Å². The molecule has 1 N–H and O–H groups in total. The number of rotatable bonds is 5. The summed E-state index contributed by atoms with van der Waals surface area (Å²) in [6, 6.07) is 7.95. The van der Waals surface area contributed by atoms with Gasteiger partial charge in [-0.2, -0.15) is 0 Å². The van der Waals surface area contributed by atoms with Gasteiger partial charge in [-0.25, -0.2) is 0 Å². The second-order valence-corrected chi connectivity index (χ2v) is 4.50. The number of aryl methyl sites for hydroxylation is 1. The first-order valence-corrected chi connectivity index (χ1v) is 5.53. The van der Waals surface area contributed by atoms with E-state index in [1.807, 2.05) is 31.2 Å². The van der Waals surface area contributed by atoms with Crippen molar-refractivity contribution in [2.24, 2.45) is 0 Å². The lowest BCUT2D eigenvalue weighted by Crippen LogP contribution is -2.28. The lowest BCUT2D eigenvalue weighted by Gasteiger charge is -2.18. The van der Waals surface area contributed by atoms with Gasteiger partial charge in [0.25, 0.3) is 0 Å². The van der Waals surface area contributed by atoms with Gasteiger partial charge in [0.05, 0.1) is 11.9 Å². The van der Waals surface area contributed by atoms with Crippen molar-refractivity contribution in [3.8, 4) is 0 Å². The molecule has 0 heterocycles. The number of hydrogen-bond acceptors (Lipinski definition) is 2. The molecule has 4 heteroatoms. The molecular formula is C12H16ClNO2. The Labute approximate surface area is 101 Å². The Morgan fingerprint density at radius 2 is 2.00 bits per heavy atom. The fourth-order valence-corrected chi connectivity index (χ4v) is 1.83. The van der Waals surface area contributed by atoms with E-state index < -0.39 is 5.97 Å². The van der Waals surface area contributed by atoms with Crippen LogP contribution in [0.25, 0.3) is 0 Å². The van der Waals surface area contributed by atoms with Gasteiger partial charge in [0.2, 0.25) is 0 Å². The Hall–Kier alpha value is -1.06. The lowest BCUT2D eigenvalue weighted by molar-refractivity contribution is -0.137. The number of alkyl halides is 1. The fourth-order valence-electron chi connectivity index (χ4n) is 1.45. The van der Waals surface area contributed by atoms with Gasteiger partial charge >= 0.3 is 5.97 Å².